The summed E-state index contributed by atoms with van der Waals surface area (Å²) in [6.45, 7) is 10.4. The number of likely N-dealkylation sites (N-methyl/N-ethyl adjacent to an activating group) is 1. The third kappa shape index (κ3) is 10.7. The van der Waals surface area contributed by atoms with E-state index in [-0.39, 0.29) is 11.7 Å². The standard InChI is InChI=1S/C19H23BrN2O.C19H21ClN2O3/c1-3-22(14-16-5-4-6-18(20)13-16)12-11-21-19-9-7-17(8-10-19)15(2)23;1-24-16-5-3-4-15(13-16)21-8-10-22(11-9-21)19(23)17-12-14(20)6-7-18(17)25-2/h4-10,13,21H,3,11-12,14H2,1-2H3;3-7,12-13H,8-11H2,1-2H3. The van der Waals surface area contributed by atoms with Gasteiger partial charge in [-0.2, -0.15) is 0 Å². The number of nitrogens with zero attached hydrogens (tertiary/aromatic N) is 3. The molecular formula is C38H44BrClN4O4. The first-order chi connectivity index (χ1) is 23.2. The van der Waals surface area contributed by atoms with E-state index in [1.54, 1.807) is 39.3 Å². The molecule has 8 nitrogen and oxygen atoms in total. The molecule has 0 aromatic heterocycles. The van der Waals surface area contributed by atoms with E-state index in [9.17, 15) is 9.59 Å². The molecule has 4 aromatic carbocycles. The molecule has 0 bridgehead atoms. The van der Waals surface area contributed by atoms with Crippen molar-refractivity contribution in [3.05, 3.63) is 117 Å². The zero-order valence-electron chi connectivity index (χ0n) is 28.0. The SMILES string of the molecule is CCN(CCNc1ccc(C(C)=O)cc1)Cc1cccc(Br)c1.COc1cccc(N2CCN(C(=O)c3cc(Cl)ccc3OC)CC2)c1. The Morgan fingerprint density at radius 3 is 2.27 bits per heavy atom. The number of methoxy groups -OCH3 is 2. The van der Waals surface area contributed by atoms with Crippen LogP contribution in [0.5, 0.6) is 11.5 Å². The number of ether oxygens (including phenoxy) is 2. The molecule has 0 unspecified atom stereocenters. The number of carbonyl (C=O) groups is 2. The van der Waals surface area contributed by atoms with E-state index in [2.05, 4.69) is 62.2 Å². The van der Waals surface area contributed by atoms with Crippen LogP contribution in [0.3, 0.4) is 0 Å². The molecule has 0 atom stereocenters. The number of ketones is 1. The maximum absolute atomic E-state index is 12.8. The molecule has 10 heteroatoms. The van der Waals surface area contributed by atoms with Crippen molar-refractivity contribution < 1.29 is 19.1 Å². The van der Waals surface area contributed by atoms with Crippen LogP contribution in [0.2, 0.25) is 5.02 Å². The number of rotatable bonds is 12. The third-order valence-electron chi connectivity index (χ3n) is 8.17. The van der Waals surface area contributed by atoms with Crippen molar-refractivity contribution in [2.24, 2.45) is 0 Å². The van der Waals surface area contributed by atoms with Gasteiger partial charge in [0.1, 0.15) is 11.5 Å². The zero-order valence-corrected chi connectivity index (χ0v) is 30.4. The Balaban J connectivity index is 0.000000218. The summed E-state index contributed by atoms with van der Waals surface area (Å²) in [6.07, 6.45) is 0. The summed E-state index contributed by atoms with van der Waals surface area (Å²) in [5, 5.41) is 3.94. The maximum Gasteiger partial charge on any atom is 0.257 e. The van der Waals surface area contributed by atoms with E-state index >= 15 is 0 Å². The van der Waals surface area contributed by atoms with Crippen LogP contribution in [0.25, 0.3) is 0 Å². The van der Waals surface area contributed by atoms with E-state index in [1.165, 1.54) is 5.56 Å². The van der Waals surface area contributed by atoms with Crippen molar-refractivity contribution in [3.63, 3.8) is 0 Å². The van der Waals surface area contributed by atoms with Gasteiger partial charge in [-0.3, -0.25) is 14.5 Å². The normalized spacial score (nSPS) is 12.6. The molecule has 0 aliphatic carbocycles. The van der Waals surface area contributed by atoms with Crippen LogP contribution in [-0.4, -0.2) is 81.5 Å². The molecule has 254 valence electrons. The number of halogens is 2. The molecule has 48 heavy (non-hydrogen) atoms. The Morgan fingerprint density at radius 1 is 0.896 bits per heavy atom. The second kappa shape index (κ2) is 18.5. The Morgan fingerprint density at radius 2 is 1.62 bits per heavy atom. The van der Waals surface area contributed by atoms with Crippen LogP contribution in [0.1, 0.15) is 40.1 Å². The summed E-state index contributed by atoms with van der Waals surface area (Å²) in [5.41, 5.74) is 4.72. The number of nitrogens with one attached hydrogen (secondary N) is 1. The molecule has 1 heterocycles. The van der Waals surface area contributed by atoms with Crippen molar-refractivity contribution in [1.82, 2.24) is 9.80 Å². The predicted molar refractivity (Wildman–Crippen MR) is 199 cm³/mol. The smallest absolute Gasteiger partial charge is 0.257 e. The number of hydrogen-bond acceptors (Lipinski definition) is 7. The lowest BCUT2D eigenvalue weighted by Gasteiger charge is -2.36. The van der Waals surface area contributed by atoms with Gasteiger partial charge in [-0.15, -0.1) is 0 Å². The highest BCUT2D eigenvalue weighted by Crippen LogP contribution is 2.26. The van der Waals surface area contributed by atoms with Crippen molar-refractivity contribution >= 4 is 50.6 Å². The van der Waals surface area contributed by atoms with Crippen LogP contribution in [-0.2, 0) is 6.54 Å². The quantitative estimate of drug-likeness (QED) is 0.148. The minimum Gasteiger partial charge on any atom is -0.497 e. The molecule has 1 amide bonds. The average molecular weight is 736 g/mol. The molecule has 1 aliphatic rings. The summed E-state index contributed by atoms with van der Waals surface area (Å²) in [6, 6.07) is 29.2. The number of piperazine rings is 1. The van der Waals surface area contributed by atoms with Crippen molar-refractivity contribution in [3.8, 4) is 11.5 Å². The van der Waals surface area contributed by atoms with Gasteiger partial charge in [0.25, 0.3) is 5.91 Å². The molecule has 1 saturated heterocycles. The summed E-state index contributed by atoms with van der Waals surface area (Å²) >= 11 is 9.56. The van der Waals surface area contributed by atoms with Gasteiger partial charge in [0, 0.05) is 78.3 Å². The summed E-state index contributed by atoms with van der Waals surface area (Å²) in [7, 11) is 3.22. The molecule has 5 rings (SSSR count). The van der Waals surface area contributed by atoms with Gasteiger partial charge in [0.05, 0.1) is 19.8 Å². The topological polar surface area (TPSA) is 74.4 Å². The second-order valence-corrected chi connectivity index (χ2v) is 12.7. The fourth-order valence-electron chi connectivity index (χ4n) is 5.42. The lowest BCUT2D eigenvalue weighted by Crippen LogP contribution is -2.48. The molecule has 0 spiro atoms. The third-order valence-corrected chi connectivity index (χ3v) is 8.90. The lowest BCUT2D eigenvalue weighted by molar-refractivity contribution is 0.0743. The summed E-state index contributed by atoms with van der Waals surface area (Å²) < 4.78 is 11.7. The van der Waals surface area contributed by atoms with Crippen molar-refractivity contribution in [2.75, 3.05) is 70.2 Å². The van der Waals surface area contributed by atoms with Gasteiger partial charge < -0.3 is 24.6 Å². The molecule has 0 saturated carbocycles. The van der Waals surface area contributed by atoms with Crippen molar-refractivity contribution in [1.29, 1.82) is 0 Å². The first-order valence-electron chi connectivity index (χ1n) is 16.0. The lowest BCUT2D eigenvalue weighted by atomic mass is 10.1. The first-order valence-corrected chi connectivity index (χ1v) is 17.2. The van der Waals surface area contributed by atoms with E-state index in [0.717, 1.165) is 66.4 Å². The minimum absolute atomic E-state index is 0.0513. The molecule has 0 radical (unpaired) electrons. The number of benzene rings is 4. The Bertz CT molecular complexity index is 1640. The molecular weight excluding hydrogens is 692 g/mol. The monoisotopic (exact) mass is 734 g/mol. The van der Waals surface area contributed by atoms with Crippen molar-refractivity contribution in [2.45, 2.75) is 20.4 Å². The molecule has 1 aliphatic heterocycles. The summed E-state index contributed by atoms with van der Waals surface area (Å²) in [4.78, 5) is 30.6. The fraction of sp³-hybridized carbons (Fsp3) is 0.316. The number of Topliss-reactive ketones (excluding diaryl/α,β-unsaturated/α-hetero) is 1. The number of carbonyl (C=O) groups excluding carboxylic acids is 2. The van der Waals surface area contributed by atoms with Crippen LogP contribution in [0.4, 0.5) is 11.4 Å². The van der Waals surface area contributed by atoms with E-state index < -0.39 is 0 Å². The predicted octanol–water partition coefficient (Wildman–Crippen LogP) is 7.91. The highest BCUT2D eigenvalue weighted by atomic mass is 79.9. The highest BCUT2D eigenvalue weighted by molar-refractivity contribution is 9.10. The first kappa shape index (κ1) is 36.8. The minimum atomic E-state index is -0.0513. The van der Waals surface area contributed by atoms with Gasteiger partial charge in [0.2, 0.25) is 0 Å². The second-order valence-electron chi connectivity index (χ2n) is 11.4. The fourth-order valence-corrected chi connectivity index (χ4v) is 6.03. The highest BCUT2D eigenvalue weighted by Gasteiger charge is 2.25. The van der Waals surface area contributed by atoms with Gasteiger partial charge in [-0.05, 0) is 85.8 Å². The van der Waals surface area contributed by atoms with Gasteiger partial charge in [0.15, 0.2) is 5.78 Å². The van der Waals surface area contributed by atoms with E-state index in [4.69, 9.17) is 21.1 Å². The number of anilines is 2. The van der Waals surface area contributed by atoms with Gasteiger partial charge >= 0.3 is 0 Å². The average Bonchev–Trinajstić information content (AvgIpc) is 3.11. The molecule has 1 fully saturated rings. The Hall–Kier alpha value is -4.05. The Labute approximate surface area is 297 Å². The Kier molecular flexibility index (Phi) is 14.2. The largest absolute Gasteiger partial charge is 0.497 e. The van der Waals surface area contributed by atoms with Crippen LogP contribution >= 0.6 is 27.5 Å². The van der Waals surface area contributed by atoms with E-state index in [0.29, 0.717) is 29.4 Å². The van der Waals surface area contributed by atoms with Crippen LogP contribution in [0.15, 0.2) is 95.5 Å². The zero-order chi connectivity index (χ0) is 34.5. The molecule has 1 N–H and O–H groups in total. The maximum atomic E-state index is 12.8. The van der Waals surface area contributed by atoms with Crippen LogP contribution < -0.4 is 19.7 Å². The van der Waals surface area contributed by atoms with E-state index in [1.807, 2.05) is 53.4 Å². The number of hydrogen-bond donors (Lipinski definition) is 1. The van der Waals surface area contributed by atoms with Crippen LogP contribution in [0, 0.1) is 0 Å². The van der Waals surface area contributed by atoms with Gasteiger partial charge in [-0.25, -0.2) is 0 Å². The van der Waals surface area contributed by atoms with Gasteiger partial charge in [-0.1, -0.05) is 52.7 Å². The molecule has 4 aromatic rings. The number of amides is 1. The summed E-state index contributed by atoms with van der Waals surface area (Å²) in [5.74, 6) is 1.43.